The molecule has 140 valence electrons. The van der Waals surface area contributed by atoms with Crippen molar-refractivity contribution in [3.8, 4) is 0 Å². The molecule has 0 N–H and O–H groups in total. The van der Waals surface area contributed by atoms with Gasteiger partial charge in [-0.3, -0.25) is 0 Å². The molecule has 20 heteroatoms. The van der Waals surface area contributed by atoms with E-state index in [4.69, 9.17) is 0 Å². The SMILES string of the molecule is O=S(=O)([N-]S(=O)(=O)C(F)(F)OC(F)(F)F)C(F)(F)OC(F)(F)F.[Li+]. The minimum atomic E-state index is -7.36. The number of halogens is 10. The molecular weight excluding hydrogens is 419 g/mol. The number of ether oxygens (including phenoxy) is 2. The molecule has 0 unspecified atom stereocenters. The second-order valence-corrected chi connectivity index (χ2v) is 6.49. The first-order chi connectivity index (χ1) is 9.62. The Morgan fingerprint density at radius 3 is 0.958 bits per heavy atom. The summed E-state index contributed by atoms with van der Waals surface area (Å²) in [5.74, 6) is 0. The molecule has 0 saturated heterocycles. The molecule has 24 heavy (non-hydrogen) atoms. The minimum absolute atomic E-state index is 0. The minimum Gasteiger partial charge on any atom is -0.421 e. The summed E-state index contributed by atoms with van der Waals surface area (Å²) < 4.78 is 165. The van der Waals surface area contributed by atoms with Gasteiger partial charge in [0.25, 0.3) is 0 Å². The summed E-state index contributed by atoms with van der Waals surface area (Å²) in [5.41, 5.74) is -13.1. The second kappa shape index (κ2) is 7.12. The van der Waals surface area contributed by atoms with E-state index in [1.54, 1.807) is 9.47 Å². The van der Waals surface area contributed by atoms with Gasteiger partial charge in [0.1, 0.15) is 0 Å². The summed E-state index contributed by atoms with van der Waals surface area (Å²) in [5, 5.41) is 0. The number of alkyl halides is 10. The van der Waals surface area contributed by atoms with Crippen LogP contribution in [0.3, 0.4) is 0 Å². The Morgan fingerprint density at radius 1 is 0.583 bits per heavy atom. The predicted molar refractivity (Wildman–Crippen MR) is 45.4 cm³/mol. The maximum absolute atomic E-state index is 12.6. The van der Waals surface area contributed by atoms with Gasteiger partial charge >= 0.3 is 42.5 Å². The quantitative estimate of drug-likeness (QED) is 0.413. The summed E-state index contributed by atoms with van der Waals surface area (Å²) in [6.07, 6.45) is -12.8. The Morgan fingerprint density at radius 2 is 0.792 bits per heavy atom. The molecule has 0 aliphatic carbocycles. The van der Waals surface area contributed by atoms with Crippen molar-refractivity contribution in [2.45, 2.75) is 23.6 Å². The Hall–Kier alpha value is -0.323. The Labute approximate surface area is 137 Å². The third-order valence-electron chi connectivity index (χ3n) is 1.27. The first-order valence-electron chi connectivity index (χ1n) is 4.15. The number of hydrogen-bond acceptors (Lipinski definition) is 6. The van der Waals surface area contributed by atoms with Crippen molar-refractivity contribution in [1.82, 2.24) is 0 Å². The molecule has 0 aromatic heterocycles. The maximum Gasteiger partial charge on any atom is 1.00 e. The van der Waals surface area contributed by atoms with E-state index in [0.717, 1.165) is 0 Å². The number of rotatable bonds is 6. The summed E-state index contributed by atoms with van der Waals surface area (Å²) in [4.78, 5) is 0. The fourth-order valence-electron chi connectivity index (χ4n) is 0.591. The zero-order chi connectivity index (χ0) is 19.1. The van der Waals surface area contributed by atoms with E-state index in [1.165, 1.54) is 0 Å². The number of hydrogen-bond donors (Lipinski definition) is 0. The zero-order valence-corrected chi connectivity index (χ0v) is 12.1. The van der Waals surface area contributed by atoms with E-state index < -0.39 is 43.7 Å². The average molecular weight is 419 g/mol. The van der Waals surface area contributed by atoms with Crippen LogP contribution in [0.5, 0.6) is 0 Å². The molecule has 0 atom stereocenters. The van der Waals surface area contributed by atoms with Crippen molar-refractivity contribution < 1.29 is 89.1 Å². The van der Waals surface area contributed by atoms with Crippen molar-refractivity contribution >= 4 is 20.0 Å². The van der Waals surface area contributed by atoms with Crippen LogP contribution in [0.2, 0.25) is 0 Å². The van der Waals surface area contributed by atoms with Crippen molar-refractivity contribution in [3.05, 3.63) is 4.13 Å². The van der Waals surface area contributed by atoms with Gasteiger partial charge < -0.3 is 4.13 Å². The van der Waals surface area contributed by atoms with E-state index in [-0.39, 0.29) is 18.9 Å². The van der Waals surface area contributed by atoms with E-state index in [0.29, 0.717) is 4.13 Å². The van der Waals surface area contributed by atoms with Crippen molar-refractivity contribution in [1.29, 1.82) is 0 Å². The van der Waals surface area contributed by atoms with Crippen LogP contribution in [-0.4, -0.2) is 40.4 Å². The van der Waals surface area contributed by atoms with Gasteiger partial charge in [-0.1, -0.05) is 0 Å². The molecule has 0 aromatic rings. The molecule has 7 nitrogen and oxygen atoms in total. The van der Waals surface area contributed by atoms with Crippen LogP contribution >= 0.6 is 0 Å². The van der Waals surface area contributed by atoms with Gasteiger partial charge in [-0.2, -0.15) is 17.6 Å². The van der Waals surface area contributed by atoms with Gasteiger partial charge in [-0.25, -0.2) is 26.3 Å². The van der Waals surface area contributed by atoms with E-state index >= 15 is 0 Å². The van der Waals surface area contributed by atoms with E-state index in [9.17, 15) is 60.7 Å². The normalized spacial score (nSPS) is 15.1. The molecule has 0 radical (unpaired) electrons. The summed E-state index contributed by atoms with van der Waals surface area (Å²) in [6.45, 7) is 0. The van der Waals surface area contributed by atoms with Crippen LogP contribution in [0.15, 0.2) is 0 Å². The van der Waals surface area contributed by atoms with Crippen LogP contribution in [0, 0.1) is 0 Å². The molecule has 0 amide bonds. The van der Waals surface area contributed by atoms with E-state index in [2.05, 4.69) is 0 Å². The van der Waals surface area contributed by atoms with Crippen LogP contribution in [0.25, 0.3) is 4.13 Å². The van der Waals surface area contributed by atoms with E-state index in [1.807, 2.05) is 0 Å². The van der Waals surface area contributed by atoms with Crippen molar-refractivity contribution in [2.75, 3.05) is 0 Å². The molecule has 0 fully saturated rings. The zero-order valence-electron chi connectivity index (χ0n) is 10.5. The van der Waals surface area contributed by atoms with Crippen LogP contribution in [0.1, 0.15) is 0 Å². The largest absolute Gasteiger partial charge is 1.00 e. The summed E-state index contributed by atoms with van der Waals surface area (Å²) in [6, 6.07) is 0. The molecule has 0 aliphatic rings. The van der Waals surface area contributed by atoms with Gasteiger partial charge in [-0.15, -0.1) is 26.3 Å². The smallest absolute Gasteiger partial charge is 0.421 e. The Balaban J connectivity index is 0. The second-order valence-electron chi connectivity index (χ2n) is 3.05. The standard InChI is InChI=1S/C4F10NO6S2.Li/c5-1(6,7)20-3(11,12)22(16,17)15-23(18,19)4(13,14)21-2(8,9)10;/q-1;+1. The fourth-order valence-corrected chi connectivity index (χ4v) is 2.72. The van der Waals surface area contributed by atoms with Crippen LogP contribution in [0.4, 0.5) is 43.9 Å². The first-order valence-corrected chi connectivity index (χ1v) is 7.03. The molecule has 0 spiro atoms. The van der Waals surface area contributed by atoms with Gasteiger partial charge in [0.05, 0.1) is 0 Å². The summed E-state index contributed by atoms with van der Waals surface area (Å²) >= 11 is 0. The van der Waals surface area contributed by atoms with Gasteiger partial charge in [-0.05, 0) is 0 Å². The van der Waals surface area contributed by atoms with Crippen LogP contribution < -0.4 is 18.9 Å². The molecule has 0 aromatic carbocycles. The number of sulfonamides is 2. The monoisotopic (exact) mass is 419 g/mol. The van der Waals surface area contributed by atoms with Gasteiger partial charge in [0.2, 0.25) is 0 Å². The molecule has 0 aliphatic heterocycles. The Bertz CT molecular complexity index is 581. The topological polar surface area (TPSA) is 101 Å². The first kappa shape index (κ1) is 25.9. The maximum atomic E-state index is 12.6. The number of nitrogens with zero attached hydrogens (tertiary/aromatic N) is 1. The van der Waals surface area contributed by atoms with Crippen molar-refractivity contribution in [2.24, 2.45) is 0 Å². The average Bonchev–Trinajstić information content (AvgIpc) is 2.05. The van der Waals surface area contributed by atoms with Crippen LogP contribution in [-0.2, 0) is 29.5 Å². The Kier molecular flexibility index (Phi) is 7.69. The molecular formula is C4F10LiNO6S2. The molecule has 0 rings (SSSR count). The third-order valence-corrected chi connectivity index (χ3v) is 4.20. The fraction of sp³-hybridized carbons (Fsp3) is 1.00. The van der Waals surface area contributed by atoms with Gasteiger partial charge in [0.15, 0.2) is 20.0 Å². The van der Waals surface area contributed by atoms with Gasteiger partial charge in [0, 0.05) is 0 Å². The molecule has 0 bridgehead atoms. The molecule has 0 saturated carbocycles. The van der Waals surface area contributed by atoms with Crippen molar-refractivity contribution in [3.63, 3.8) is 0 Å². The summed E-state index contributed by atoms with van der Waals surface area (Å²) in [7, 11) is -14.7. The predicted octanol–water partition coefficient (Wildman–Crippen LogP) is -0.803. The molecule has 0 heterocycles. The third kappa shape index (κ3) is 7.28.